The van der Waals surface area contributed by atoms with Gasteiger partial charge in [-0.1, -0.05) is 0 Å². The van der Waals surface area contributed by atoms with Crippen LogP contribution in [0.5, 0.6) is 0 Å². The summed E-state index contributed by atoms with van der Waals surface area (Å²) in [5, 5.41) is 2.69. The molecule has 0 amide bonds. The Balaban J connectivity index is 2.17. The van der Waals surface area contributed by atoms with Gasteiger partial charge in [0.1, 0.15) is 6.61 Å². The van der Waals surface area contributed by atoms with E-state index in [2.05, 4.69) is 10.1 Å². The number of ether oxygens (including phenoxy) is 2. The summed E-state index contributed by atoms with van der Waals surface area (Å²) in [5.74, 6) is -0.727. The normalized spacial score (nSPS) is 36.3. The number of rotatable bonds is 3. The zero-order valence-electron chi connectivity index (χ0n) is 5.26. The Labute approximate surface area is 53.3 Å². The first-order chi connectivity index (χ1) is 4.16. The summed E-state index contributed by atoms with van der Waals surface area (Å²) >= 11 is 0. The lowest BCUT2D eigenvalue weighted by molar-refractivity contribution is 0.0459. The summed E-state index contributed by atoms with van der Waals surface area (Å²) in [6.45, 7) is 0.490. The summed E-state index contributed by atoms with van der Waals surface area (Å²) < 4.78 is 9.45. The summed E-state index contributed by atoms with van der Waals surface area (Å²) in [7, 11) is 1.49. The van der Waals surface area contributed by atoms with Crippen molar-refractivity contribution in [1.29, 1.82) is 0 Å². The van der Waals surface area contributed by atoms with Gasteiger partial charge in [-0.25, -0.2) is 5.32 Å². The monoisotopic (exact) mass is 133 g/mol. The molecule has 5 nitrogen and oxygen atoms in total. The number of epoxide rings is 1. The predicted octanol–water partition coefficient (Wildman–Crippen LogP) is -1.89. The van der Waals surface area contributed by atoms with Crippen molar-refractivity contribution in [3.8, 4) is 0 Å². The van der Waals surface area contributed by atoms with Gasteiger partial charge in [-0.2, -0.15) is 0 Å². The molecule has 1 rings (SSSR count). The third kappa shape index (κ3) is 1.88. The van der Waals surface area contributed by atoms with Gasteiger partial charge < -0.3 is 9.47 Å². The van der Waals surface area contributed by atoms with E-state index >= 15 is 0 Å². The highest BCUT2D eigenvalue weighted by Gasteiger charge is 2.41. The van der Waals surface area contributed by atoms with Crippen LogP contribution in [0.15, 0.2) is 0 Å². The molecular weight excluding hydrogens is 122 g/mol. The maximum absolute atomic E-state index is 5.43. The van der Waals surface area contributed by atoms with E-state index in [-0.39, 0.29) is 0 Å². The molecule has 0 aromatic rings. The maximum Gasteiger partial charge on any atom is 0.199 e. The van der Waals surface area contributed by atoms with Crippen molar-refractivity contribution in [1.82, 2.24) is 5.32 Å². The maximum atomic E-state index is 5.43. The van der Waals surface area contributed by atoms with E-state index in [0.717, 1.165) is 0 Å². The van der Waals surface area contributed by atoms with Crippen LogP contribution in [0.25, 0.3) is 0 Å². The fraction of sp³-hybridized carbons (Fsp3) is 1.00. The van der Waals surface area contributed by atoms with Crippen molar-refractivity contribution < 1.29 is 9.47 Å². The average Bonchev–Trinajstić information content (AvgIpc) is 2.48. The molecule has 1 aliphatic rings. The summed E-state index contributed by atoms with van der Waals surface area (Å²) in [4.78, 5) is 0. The minimum absolute atomic E-state index is 0.490. The minimum atomic E-state index is -0.727. The van der Waals surface area contributed by atoms with E-state index in [9.17, 15) is 0 Å². The van der Waals surface area contributed by atoms with Crippen molar-refractivity contribution in [2.45, 2.75) is 12.2 Å². The number of nitrogens with two attached hydrogens (primary N) is 2. The van der Waals surface area contributed by atoms with E-state index in [1.54, 1.807) is 0 Å². The van der Waals surface area contributed by atoms with Crippen LogP contribution < -0.4 is 16.8 Å². The molecule has 2 unspecified atom stereocenters. The van der Waals surface area contributed by atoms with Crippen LogP contribution in [-0.2, 0) is 9.47 Å². The molecule has 1 saturated heterocycles. The fourth-order valence-corrected chi connectivity index (χ4v) is 0.461. The third-order valence-corrected chi connectivity index (χ3v) is 1.10. The van der Waals surface area contributed by atoms with Gasteiger partial charge in [0.2, 0.25) is 0 Å². The Morgan fingerprint density at radius 2 is 2.44 bits per heavy atom. The lowest BCUT2D eigenvalue weighted by atomic mass is 10.6. The molecule has 0 bridgehead atoms. The van der Waals surface area contributed by atoms with E-state index in [1.165, 1.54) is 7.11 Å². The van der Waals surface area contributed by atoms with E-state index < -0.39 is 12.2 Å². The molecule has 0 radical (unpaired) electrons. The van der Waals surface area contributed by atoms with Crippen molar-refractivity contribution in [2.75, 3.05) is 13.7 Å². The van der Waals surface area contributed by atoms with Crippen LogP contribution in [-0.4, -0.2) is 25.9 Å². The van der Waals surface area contributed by atoms with Gasteiger partial charge in [-0.05, 0) is 0 Å². The second-order valence-electron chi connectivity index (χ2n) is 1.98. The Morgan fingerprint density at radius 1 is 1.89 bits per heavy atom. The Hall–Kier alpha value is -0.200. The molecule has 5 heteroatoms. The van der Waals surface area contributed by atoms with Crippen LogP contribution in [0.1, 0.15) is 0 Å². The molecule has 5 N–H and O–H groups in total. The van der Waals surface area contributed by atoms with E-state index in [1.807, 2.05) is 0 Å². The zero-order chi connectivity index (χ0) is 6.91. The first-order valence-electron chi connectivity index (χ1n) is 2.65. The quantitative estimate of drug-likeness (QED) is 0.309. The molecule has 0 aromatic heterocycles. The summed E-state index contributed by atoms with van der Waals surface area (Å²) in [6, 6.07) is 0. The average molecular weight is 133 g/mol. The van der Waals surface area contributed by atoms with E-state index in [0.29, 0.717) is 6.61 Å². The summed E-state index contributed by atoms with van der Waals surface area (Å²) in [5.41, 5.74) is 10.7. The smallest absolute Gasteiger partial charge is 0.199 e. The molecule has 0 spiro atoms. The molecule has 0 aliphatic carbocycles. The SMILES string of the molecule is COC(N)NC1(N)CO1. The largest absolute Gasteiger partial charge is 0.353 e. The van der Waals surface area contributed by atoms with Gasteiger partial charge in [-0.15, -0.1) is 0 Å². The van der Waals surface area contributed by atoms with Crippen molar-refractivity contribution in [2.24, 2.45) is 11.5 Å². The first kappa shape index (κ1) is 6.91. The lowest BCUT2D eigenvalue weighted by Gasteiger charge is -2.13. The highest BCUT2D eigenvalue weighted by atomic mass is 16.6. The van der Waals surface area contributed by atoms with Crippen molar-refractivity contribution in [3.05, 3.63) is 0 Å². The van der Waals surface area contributed by atoms with Crippen LogP contribution in [0.2, 0.25) is 0 Å². The molecule has 54 valence electrons. The number of methoxy groups -OCH3 is 1. The number of hydrogen-bond donors (Lipinski definition) is 3. The highest BCUT2D eigenvalue weighted by molar-refractivity contribution is 4.81. The third-order valence-electron chi connectivity index (χ3n) is 1.10. The molecule has 1 fully saturated rings. The summed E-state index contributed by atoms with van der Waals surface area (Å²) in [6.07, 6.45) is -0.544. The molecule has 9 heavy (non-hydrogen) atoms. The Kier molecular flexibility index (Phi) is 1.69. The van der Waals surface area contributed by atoms with Crippen LogP contribution in [0.4, 0.5) is 0 Å². The van der Waals surface area contributed by atoms with Gasteiger partial charge in [-0.3, -0.25) is 11.5 Å². The van der Waals surface area contributed by atoms with Gasteiger partial charge in [0.05, 0.1) is 0 Å². The van der Waals surface area contributed by atoms with Crippen LogP contribution in [0, 0.1) is 0 Å². The standard InChI is InChI=1S/C4H11N3O2/c1-8-3(5)7-4(6)2-9-4/h3,7H,2,5-6H2,1H3. The number of nitrogens with one attached hydrogen (secondary N) is 1. The zero-order valence-corrected chi connectivity index (χ0v) is 5.26. The van der Waals surface area contributed by atoms with E-state index in [4.69, 9.17) is 16.2 Å². The van der Waals surface area contributed by atoms with Crippen molar-refractivity contribution >= 4 is 0 Å². The van der Waals surface area contributed by atoms with Gasteiger partial charge in [0.25, 0.3) is 0 Å². The molecule has 0 saturated carbocycles. The topological polar surface area (TPSA) is 85.8 Å². The van der Waals surface area contributed by atoms with Crippen LogP contribution in [0.3, 0.4) is 0 Å². The highest BCUT2D eigenvalue weighted by Crippen LogP contribution is 2.14. The number of hydrogen-bond acceptors (Lipinski definition) is 5. The van der Waals surface area contributed by atoms with Gasteiger partial charge in [0.15, 0.2) is 12.2 Å². The minimum Gasteiger partial charge on any atom is -0.353 e. The second-order valence-corrected chi connectivity index (χ2v) is 1.98. The van der Waals surface area contributed by atoms with Gasteiger partial charge in [0, 0.05) is 7.11 Å². The Morgan fingerprint density at radius 3 is 2.78 bits per heavy atom. The molecular formula is C4H11N3O2. The fourth-order valence-electron chi connectivity index (χ4n) is 0.461. The van der Waals surface area contributed by atoms with Crippen LogP contribution >= 0.6 is 0 Å². The molecule has 1 heterocycles. The van der Waals surface area contributed by atoms with Crippen molar-refractivity contribution in [3.63, 3.8) is 0 Å². The first-order valence-corrected chi connectivity index (χ1v) is 2.65. The molecule has 0 aromatic carbocycles. The molecule has 2 atom stereocenters. The van der Waals surface area contributed by atoms with Gasteiger partial charge >= 0.3 is 0 Å². The Bertz CT molecular complexity index is 104. The second kappa shape index (κ2) is 2.20. The molecule has 1 aliphatic heterocycles. The predicted molar refractivity (Wildman–Crippen MR) is 31.0 cm³/mol. The lowest BCUT2D eigenvalue weighted by Crippen LogP contribution is -2.52.